The fourth-order valence-corrected chi connectivity index (χ4v) is 5.96. The van der Waals surface area contributed by atoms with Crippen LogP contribution in [0.5, 0.6) is 5.75 Å². The van der Waals surface area contributed by atoms with E-state index in [0.717, 1.165) is 12.0 Å². The predicted octanol–water partition coefficient (Wildman–Crippen LogP) is 1.50. The van der Waals surface area contributed by atoms with Crippen molar-refractivity contribution in [3.05, 3.63) is 57.8 Å². The van der Waals surface area contributed by atoms with Crippen molar-refractivity contribution >= 4 is 28.9 Å². The molecule has 2 aliphatic heterocycles. The number of anilines is 1. The van der Waals surface area contributed by atoms with E-state index in [9.17, 15) is 19.5 Å². The zero-order valence-corrected chi connectivity index (χ0v) is 25.8. The van der Waals surface area contributed by atoms with Crippen LogP contribution in [-0.4, -0.2) is 96.9 Å². The van der Waals surface area contributed by atoms with E-state index in [1.807, 2.05) is 17.9 Å². The molecule has 3 aromatic rings. The molecule has 0 atom stereocenters. The Morgan fingerprint density at radius 2 is 1.96 bits per heavy atom. The van der Waals surface area contributed by atoms with Gasteiger partial charge in [0.05, 0.1) is 24.6 Å². The van der Waals surface area contributed by atoms with Crippen LogP contribution in [-0.2, 0) is 22.5 Å². The number of hydrogen-bond donors (Lipinski definition) is 2. The van der Waals surface area contributed by atoms with Crippen molar-refractivity contribution in [2.24, 2.45) is 5.92 Å². The van der Waals surface area contributed by atoms with Crippen LogP contribution in [0.25, 0.3) is 11.4 Å². The van der Waals surface area contributed by atoms with E-state index < -0.39 is 5.91 Å². The van der Waals surface area contributed by atoms with E-state index in [2.05, 4.69) is 27.0 Å². The molecule has 2 N–H and O–H groups in total. The molecule has 1 saturated carbocycles. The first-order valence-corrected chi connectivity index (χ1v) is 15.6. The predicted molar refractivity (Wildman–Crippen MR) is 166 cm³/mol. The minimum absolute atomic E-state index is 0.0268. The van der Waals surface area contributed by atoms with Crippen LogP contribution in [0.1, 0.15) is 60.3 Å². The quantitative estimate of drug-likeness (QED) is 0.319. The van der Waals surface area contributed by atoms with Crippen LogP contribution in [0.3, 0.4) is 0 Å². The van der Waals surface area contributed by atoms with Gasteiger partial charge in [0.2, 0.25) is 11.7 Å². The summed E-state index contributed by atoms with van der Waals surface area (Å²) in [4.78, 5) is 56.8. The molecule has 14 nitrogen and oxygen atoms in total. The zero-order chi connectivity index (χ0) is 31.7. The van der Waals surface area contributed by atoms with Crippen LogP contribution in [0.4, 0.5) is 5.69 Å². The Morgan fingerprint density at radius 1 is 1.18 bits per heavy atom. The van der Waals surface area contributed by atoms with Gasteiger partial charge >= 0.3 is 0 Å². The van der Waals surface area contributed by atoms with Gasteiger partial charge in [0.15, 0.2) is 17.3 Å². The lowest BCUT2D eigenvalue weighted by Gasteiger charge is -2.36. The highest BCUT2D eigenvalue weighted by Crippen LogP contribution is 2.36. The Bertz CT molecular complexity index is 1730. The number of piperazine rings is 1. The van der Waals surface area contributed by atoms with Gasteiger partial charge in [-0.1, -0.05) is 25.2 Å². The molecule has 14 heteroatoms. The molecule has 45 heavy (non-hydrogen) atoms. The van der Waals surface area contributed by atoms with Crippen molar-refractivity contribution in [2.75, 3.05) is 50.8 Å². The number of carbonyl (C=O) groups is 2. The Labute approximate surface area is 260 Å². The van der Waals surface area contributed by atoms with E-state index in [1.165, 1.54) is 29.3 Å². The number of carbonyl (C=O) groups excluding carboxylic acids is 2. The lowest BCUT2D eigenvalue weighted by molar-refractivity contribution is -0.121. The fraction of sp³-hybridized carbons (Fsp3) is 0.516. The molecule has 3 aromatic heterocycles. The van der Waals surface area contributed by atoms with E-state index in [-0.39, 0.29) is 29.5 Å². The number of aromatic nitrogens is 6. The summed E-state index contributed by atoms with van der Waals surface area (Å²) in [5, 5.41) is 18.0. The molecule has 1 aliphatic carbocycles. The molecule has 2 fully saturated rings. The topological polar surface area (TPSA) is 160 Å². The molecule has 1 saturated heterocycles. The fourth-order valence-electron chi connectivity index (χ4n) is 5.96. The molecule has 238 valence electrons. The van der Waals surface area contributed by atoms with Gasteiger partial charge in [-0.05, 0) is 50.5 Å². The van der Waals surface area contributed by atoms with Gasteiger partial charge in [0, 0.05) is 32.7 Å². The minimum atomic E-state index is -0.395. The smallest absolute Gasteiger partial charge is 0.299 e. The van der Waals surface area contributed by atoms with Crippen molar-refractivity contribution in [1.82, 2.24) is 39.3 Å². The average molecular weight is 618 g/mol. The second-order valence-electron chi connectivity index (χ2n) is 11.7. The minimum Gasteiger partial charge on any atom is -0.504 e. The van der Waals surface area contributed by atoms with Crippen molar-refractivity contribution in [3.63, 3.8) is 0 Å². The Hall–Kier alpha value is -4.59. The van der Waals surface area contributed by atoms with Gasteiger partial charge in [-0.15, -0.1) is 5.10 Å². The van der Waals surface area contributed by atoms with E-state index in [4.69, 9.17) is 9.72 Å². The maximum absolute atomic E-state index is 14.1. The largest absolute Gasteiger partial charge is 0.504 e. The summed E-state index contributed by atoms with van der Waals surface area (Å²) in [6.07, 6.45) is 7.36. The number of ether oxygens (including phenoxy) is 1. The van der Waals surface area contributed by atoms with Crippen molar-refractivity contribution in [1.29, 1.82) is 0 Å². The number of amides is 2. The molecular formula is C31H39N9O5. The zero-order valence-electron chi connectivity index (χ0n) is 25.8. The number of fused-ring (bicyclic) bond motifs is 1. The summed E-state index contributed by atoms with van der Waals surface area (Å²) in [5.41, 5.74) is 3.14. The summed E-state index contributed by atoms with van der Waals surface area (Å²) in [7, 11) is 0. The van der Waals surface area contributed by atoms with E-state index >= 15 is 0 Å². The number of aryl methyl sites for hydroxylation is 1. The highest BCUT2D eigenvalue weighted by molar-refractivity contribution is 5.95. The Balaban J connectivity index is 1.30. The van der Waals surface area contributed by atoms with Gasteiger partial charge in [-0.25, -0.2) is 9.97 Å². The maximum Gasteiger partial charge on any atom is 0.299 e. The Kier molecular flexibility index (Phi) is 8.65. The highest BCUT2D eigenvalue weighted by atomic mass is 16.5. The third-order valence-electron chi connectivity index (χ3n) is 8.73. The Morgan fingerprint density at radius 3 is 2.64 bits per heavy atom. The molecular weight excluding hydrogens is 578 g/mol. The highest BCUT2D eigenvalue weighted by Gasteiger charge is 2.31. The summed E-state index contributed by atoms with van der Waals surface area (Å²) in [5.74, 6) is 0.519. The van der Waals surface area contributed by atoms with Crippen molar-refractivity contribution < 1.29 is 19.4 Å². The van der Waals surface area contributed by atoms with E-state index in [0.29, 0.717) is 93.4 Å². The second kappa shape index (κ2) is 12.8. The van der Waals surface area contributed by atoms with Gasteiger partial charge in [0.25, 0.3) is 11.5 Å². The SMILES string of the molecule is C=C(CCNC(=O)Cn1c(CC)c(N2CCN(C(=O)c3ncnc(C)c3O)CC2)c(=O)n2nc(C3=CCOCC3)nc12)C1CC1. The van der Waals surface area contributed by atoms with Crippen molar-refractivity contribution in [3.8, 4) is 5.75 Å². The second-order valence-corrected chi connectivity index (χ2v) is 11.7. The number of aromatic hydroxyl groups is 1. The van der Waals surface area contributed by atoms with Gasteiger partial charge < -0.3 is 29.5 Å². The first kappa shape index (κ1) is 30.4. The third-order valence-corrected chi connectivity index (χ3v) is 8.73. The summed E-state index contributed by atoms with van der Waals surface area (Å²) >= 11 is 0. The van der Waals surface area contributed by atoms with Crippen LogP contribution in [0, 0.1) is 12.8 Å². The number of nitrogens with zero attached hydrogens (tertiary/aromatic N) is 8. The molecule has 0 radical (unpaired) electrons. The van der Waals surface area contributed by atoms with Gasteiger partial charge in [-0.3, -0.25) is 14.4 Å². The lowest BCUT2D eigenvalue weighted by Crippen LogP contribution is -2.51. The first-order chi connectivity index (χ1) is 21.8. The molecule has 0 aromatic carbocycles. The molecule has 0 spiro atoms. The standard InChI is InChI=1S/C31H39N9O5/c1-4-23-26(37-11-13-38(14-12-37)29(43)25-27(42)20(3)33-18-34-25)30(44)40-31(35-28(36-40)22-8-15-45-16-9-22)39(23)17-24(41)32-10-7-19(2)21-5-6-21/h8,18,21,42H,2,4-7,9-17H2,1,3H3,(H,32,41). The monoisotopic (exact) mass is 617 g/mol. The van der Waals surface area contributed by atoms with Crippen LogP contribution in [0.15, 0.2) is 29.3 Å². The lowest BCUT2D eigenvalue weighted by atomic mass is 10.1. The number of rotatable bonds is 10. The summed E-state index contributed by atoms with van der Waals surface area (Å²) in [6.45, 7) is 10.5. The maximum atomic E-state index is 14.1. The van der Waals surface area contributed by atoms with Gasteiger partial charge in [-0.2, -0.15) is 9.50 Å². The molecule has 5 heterocycles. The molecule has 0 bridgehead atoms. The third kappa shape index (κ3) is 6.19. The van der Waals surface area contributed by atoms with Crippen LogP contribution >= 0.6 is 0 Å². The normalized spacial score (nSPS) is 17.0. The van der Waals surface area contributed by atoms with Crippen molar-refractivity contribution in [2.45, 2.75) is 52.5 Å². The molecule has 2 amide bonds. The van der Waals surface area contributed by atoms with Crippen LogP contribution < -0.4 is 15.8 Å². The average Bonchev–Trinajstić information content (AvgIpc) is 3.81. The van der Waals surface area contributed by atoms with Gasteiger partial charge in [0.1, 0.15) is 18.6 Å². The summed E-state index contributed by atoms with van der Waals surface area (Å²) in [6, 6.07) is 0. The molecule has 0 unspecified atom stereocenters. The first-order valence-electron chi connectivity index (χ1n) is 15.6. The van der Waals surface area contributed by atoms with E-state index in [1.54, 1.807) is 16.4 Å². The van der Waals surface area contributed by atoms with Crippen LogP contribution in [0.2, 0.25) is 0 Å². The summed E-state index contributed by atoms with van der Waals surface area (Å²) < 4.78 is 8.53. The molecule has 6 rings (SSSR count). The number of hydrogen-bond acceptors (Lipinski definition) is 10. The number of nitrogens with one attached hydrogen (secondary N) is 1. The molecule has 3 aliphatic rings.